The van der Waals surface area contributed by atoms with Crippen LogP contribution in [0.2, 0.25) is 0 Å². The second-order valence-corrected chi connectivity index (χ2v) is 5.57. The van der Waals surface area contributed by atoms with Crippen molar-refractivity contribution in [1.29, 1.82) is 0 Å². The minimum Gasteiger partial charge on any atom is -0.496 e. The molecule has 1 amide bonds. The van der Waals surface area contributed by atoms with E-state index in [-0.39, 0.29) is 12.5 Å². The minimum atomic E-state index is -0.605. The molecule has 0 fully saturated rings. The van der Waals surface area contributed by atoms with Gasteiger partial charge in [-0.15, -0.1) is 0 Å². The molecule has 0 bridgehead atoms. The largest absolute Gasteiger partial charge is 0.496 e. The fourth-order valence-electron chi connectivity index (χ4n) is 2.66. The SMILES string of the molecule is COc1ccccc1CCCNC(=O)[C@@H]1COc2ccccc2O1. The number of rotatable bonds is 6. The van der Waals surface area contributed by atoms with E-state index in [1.54, 1.807) is 13.2 Å². The number of amides is 1. The summed E-state index contributed by atoms with van der Waals surface area (Å²) in [5.41, 5.74) is 1.14. The highest BCUT2D eigenvalue weighted by Gasteiger charge is 2.26. The summed E-state index contributed by atoms with van der Waals surface area (Å²) in [4.78, 5) is 12.2. The zero-order valence-corrected chi connectivity index (χ0v) is 13.7. The maximum Gasteiger partial charge on any atom is 0.264 e. The van der Waals surface area contributed by atoms with Gasteiger partial charge in [0.2, 0.25) is 6.10 Å². The summed E-state index contributed by atoms with van der Waals surface area (Å²) in [6.45, 7) is 0.813. The first kappa shape index (κ1) is 16.2. The first-order chi connectivity index (χ1) is 11.8. The monoisotopic (exact) mass is 327 g/mol. The van der Waals surface area contributed by atoms with Crippen molar-refractivity contribution in [3.8, 4) is 17.2 Å². The number of carbonyl (C=O) groups is 1. The van der Waals surface area contributed by atoms with Gasteiger partial charge in [-0.2, -0.15) is 0 Å². The van der Waals surface area contributed by atoms with Crippen LogP contribution in [-0.4, -0.2) is 32.3 Å². The van der Waals surface area contributed by atoms with E-state index >= 15 is 0 Å². The van der Waals surface area contributed by atoms with Crippen molar-refractivity contribution in [1.82, 2.24) is 5.32 Å². The van der Waals surface area contributed by atoms with Gasteiger partial charge in [0.15, 0.2) is 11.5 Å². The highest BCUT2D eigenvalue weighted by atomic mass is 16.6. The average molecular weight is 327 g/mol. The number of para-hydroxylation sites is 3. The average Bonchev–Trinajstić information content (AvgIpc) is 2.65. The van der Waals surface area contributed by atoms with E-state index < -0.39 is 6.10 Å². The molecule has 2 aromatic rings. The number of aryl methyl sites for hydroxylation is 1. The molecule has 5 nitrogen and oxygen atoms in total. The molecule has 1 N–H and O–H groups in total. The van der Waals surface area contributed by atoms with Gasteiger partial charge in [-0.3, -0.25) is 4.79 Å². The summed E-state index contributed by atoms with van der Waals surface area (Å²) < 4.78 is 16.6. The Kier molecular flexibility index (Phi) is 5.21. The summed E-state index contributed by atoms with van der Waals surface area (Å²) in [5, 5.41) is 2.91. The van der Waals surface area contributed by atoms with Gasteiger partial charge in [-0.05, 0) is 36.6 Å². The molecular formula is C19H21NO4. The van der Waals surface area contributed by atoms with E-state index in [9.17, 15) is 4.79 Å². The summed E-state index contributed by atoms with van der Waals surface area (Å²) in [7, 11) is 1.67. The second-order valence-electron chi connectivity index (χ2n) is 5.57. The summed E-state index contributed by atoms with van der Waals surface area (Å²) in [6.07, 6.45) is 1.07. The van der Waals surface area contributed by atoms with Gasteiger partial charge in [0.1, 0.15) is 12.4 Å². The standard InChI is InChI=1S/C19H21NO4/c1-22-15-9-3-2-7-14(15)8-6-12-20-19(21)18-13-23-16-10-4-5-11-17(16)24-18/h2-5,7,9-11,18H,6,8,12-13H2,1H3,(H,20,21)/t18-/m0/s1. The van der Waals surface area contributed by atoms with Gasteiger partial charge in [0, 0.05) is 6.54 Å². The van der Waals surface area contributed by atoms with Gasteiger partial charge >= 0.3 is 0 Å². The predicted octanol–water partition coefficient (Wildman–Crippen LogP) is 2.58. The van der Waals surface area contributed by atoms with Crippen LogP contribution in [0.25, 0.3) is 0 Å². The number of benzene rings is 2. The van der Waals surface area contributed by atoms with Gasteiger partial charge in [-0.1, -0.05) is 30.3 Å². The number of nitrogens with one attached hydrogen (secondary N) is 1. The number of carbonyl (C=O) groups excluding carboxylic acids is 1. The topological polar surface area (TPSA) is 56.8 Å². The molecule has 0 radical (unpaired) electrons. The summed E-state index contributed by atoms with van der Waals surface area (Å²) in [6, 6.07) is 15.3. The lowest BCUT2D eigenvalue weighted by molar-refractivity contribution is -0.130. The molecule has 1 aliphatic heterocycles. The molecule has 2 aromatic carbocycles. The van der Waals surface area contributed by atoms with E-state index in [1.807, 2.05) is 42.5 Å². The van der Waals surface area contributed by atoms with Crippen LogP contribution >= 0.6 is 0 Å². The molecule has 126 valence electrons. The predicted molar refractivity (Wildman–Crippen MR) is 90.7 cm³/mol. The number of ether oxygens (including phenoxy) is 3. The summed E-state index contributed by atoms with van der Waals surface area (Å²) >= 11 is 0. The molecule has 0 saturated carbocycles. The number of hydrogen-bond donors (Lipinski definition) is 1. The molecule has 1 aliphatic rings. The third-order valence-electron chi connectivity index (χ3n) is 3.92. The van der Waals surface area contributed by atoms with E-state index in [4.69, 9.17) is 14.2 Å². The third kappa shape index (κ3) is 3.79. The minimum absolute atomic E-state index is 0.149. The molecule has 5 heteroatoms. The van der Waals surface area contributed by atoms with Crippen molar-refractivity contribution in [3.05, 3.63) is 54.1 Å². The molecular weight excluding hydrogens is 306 g/mol. The lowest BCUT2D eigenvalue weighted by Gasteiger charge is -2.25. The third-order valence-corrected chi connectivity index (χ3v) is 3.92. The molecule has 1 heterocycles. The molecule has 0 spiro atoms. The summed E-state index contributed by atoms with van der Waals surface area (Å²) in [5.74, 6) is 2.02. The lowest BCUT2D eigenvalue weighted by Crippen LogP contribution is -2.44. The smallest absolute Gasteiger partial charge is 0.264 e. The fraction of sp³-hybridized carbons (Fsp3) is 0.316. The fourth-order valence-corrected chi connectivity index (χ4v) is 2.66. The van der Waals surface area contributed by atoms with Crippen LogP contribution in [0.15, 0.2) is 48.5 Å². The Labute approximate surface area is 141 Å². The van der Waals surface area contributed by atoms with Crippen LogP contribution in [0.5, 0.6) is 17.2 Å². The normalized spacial score (nSPS) is 15.6. The van der Waals surface area contributed by atoms with E-state index in [0.717, 1.165) is 24.2 Å². The van der Waals surface area contributed by atoms with Crippen molar-refractivity contribution < 1.29 is 19.0 Å². The van der Waals surface area contributed by atoms with Crippen LogP contribution in [0.4, 0.5) is 0 Å². The van der Waals surface area contributed by atoms with Crippen molar-refractivity contribution in [2.24, 2.45) is 0 Å². The molecule has 0 unspecified atom stereocenters. The molecule has 24 heavy (non-hydrogen) atoms. The Morgan fingerprint density at radius 3 is 2.75 bits per heavy atom. The van der Waals surface area contributed by atoms with Crippen LogP contribution in [0.3, 0.4) is 0 Å². The Balaban J connectivity index is 1.45. The first-order valence-corrected chi connectivity index (χ1v) is 8.06. The maximum atomic E-state index is 12.2. The number of fused-ring (bicyclic) bond motifs is 1. The van der Waals surface area contributed by atoms with E-state index in [1.165, 1.54) is 0 Å². The van der Waals surface area contributed by atoms with Crippen LogP contribution in [0, 0.1) is 0 Å². The van der Waals surface area contributed by atoms with Crippen LogP contribution in [0.1, 0.15) is 12.0 Å². The van der Waals surface area contributed by atoms with Crippen LogP contribution in [-0.2, 0) is 11.2 Å². The zero-order chi connectivity index (χ0) is 16.8. The van der Waals surface area contributed by atoms with Crippen molar-refractivity contribution >= 4 is 5.91 Å². The maximum absolute atomic E-state index is 12.2. The molecule has 0 saturated heterocycles. The molecule has 0 aromatic heterocycles. The highest BCUT2D eigenvalue weighted by Crippen LogP contribution is 2.30. The zero-order valence-electron chi connectivity index (χ0n) is 13.7. The Bertz CT molecular complexity index is 701. The molecule has 0 aliphatic carbocycles. The van der Waals surface area contributed by atoms with Gasteiger partial charge in [0.25, 0.3) is 5.91 Å². The molecule has 3 rings (SSSR count). The van der Waals surface area contributed by atoms with Gasteiger partial charge in [0.05, 0.1) is 7.11 Å². The number of methoxy groups -OCH3 is 1. The second kappa shape index (κ2) is 7.73. The Morgan fingerprint density at radius 1 is 1.17 bits per heavy atom. The highest BCUT2D eigenvalue weighted by molar-refractivity contribution is 5.81. The lowest BCUT2D eigenvalue weighted by atomic mass is 10.1. The Morgan fingerprint density at radius 2 is 1.92 bits per heavy atom. The van der Waals surface area contributed by atoms with Gasteiger partial charge in [-0.25, -0.2) is 0 Å². The van der Waals surface area contributed by atoms with Crippen molar-refractivity contribution in [2.45, 2.75) is 18.9 Å². The van der Waals surface area contributed by atoms with E-state index in [2.05, 4.69) is 5.32 Å². The van der Waals surface area contributed by atoms with Crippen LogP contribution < -0.4 is 19.5 Å². The number of hydrogen-bond acceptors (Lipinski definition) is 4. The van der Waals surface area contributed by atoms with E-state index in [0.29, 0.717) is 18.0 Å². The molecule has 1 atom stereocenters. The quantitative estimate of drug-likeness (QED) is 0.829. The first-order valence-electron chi connectivity index (χ1n) is 8.06. The van der Waals surface area contributed by atoms with Crippen molar-refractivity contribution in [2.75, 3.05) is 20.3 Å². The van der Waals surface area contributed by atoms with Gasteiger partial charge < -0.3 is 19.5 Å². The Hall–Kier alpha value is -2.69. The van der Waals surface area contributed by atoms with Crippen molar-refractivity contribution in [3.63, 3.8) is 0 Å².